The summed E-state index contributed by atoms with van der Waals surface area (Å²) in [7, 11) is 0. The summed E-state index contributed by atoms with van der Waals surface area (Å²) in [5, 5.41) is 2.58. The van der Waals surface area contributed by atoms with Gasteiger partial charge in [0.15, 0.2) is 5.09 Å². The first-order valence-corrected chi connectivity index (χ1v) is 11.7. The van der Waals surface area contributed by atoms with E-state index in [2.05, 4.69) is 0 Å². The normalized spacial score (nSPS) is 24.3. The minimum atomic E-state index is 0.107. The summed E-state index contributed by atoms with van der Waals surface area (Å²) in [6.07, 6.45) is 1.63. The van der Waals surface area contributed by atoms with Gasteiger partial charge < -0.3 is 4.74 Å². The Balaban J connectivity index is 1.78. The third-order valence-electron chi connectivity index (χ3n) is 2.41. The van der Waals surface area contributed by atoms with Crippen molar-refractivity contribution in [3.8, 4) is 0 Å². The van der Waals surface area contributed by atoms with E-state index in [-0.39, 0.29) is 4.74 Å². The van der Waals surface area contributed by atoms with Gasteiger partial charge in [-0.15, -0.1) is 34.9 Å². The topological polar surface area (TPSA) is 26.3 Å². The molecule has 1 aromatic rings. The quantitative estimate of drug-likeness (QED) is 0.663. The fourth-order valence-corrected chi connectivity index (χ4v) is 10.9. The number of hydrogen-bond acceptors (Lipinski definition) is 9. The summed E-state index contributed by atoms with van der Waals surface area (Å²) in [6, 6.07) is 0. The van der Waals surface area contributed by atoms with E-state index in [9.17, 15) is 4.79 Å². The van der Waals surface area contributed by atoms with Crippen LogP contribution in [-0.4, -0.2) is 11.5 Å². The van der Waals surface area contributed by atoms with Crippen LogP contribution in [0.4, 0.5) is 0 Å². The summed E-state index contributed by atoms with van der Waals surface area (Å²) in [4.78, 5) is 12.1. The molecule has 2 nitrogen and oxygen atoms in total. The number of rotatable bonds is 0. The predicted octanol–water partition coefficient (Wildman–Crippen LogP) is 3.62. The molecular weight excluding hydrogens is 389 g/mol. The third-order valence-corrected chi connectivity index (χ3v) is 12.0. The lowest BCUT2D eigenvalue weighted by molar-refractivity contribution is 0.458. The zero-order chi connectivity index (χ0) is 13.5. The number of ether oxygens (including phenoxy) is 1. The van der Waals surface area contributed by atoms with Gasteiger partial charge in [-0.3, -0.25) is 4.79 Å². The zero-order valence-electron chi connectivity index (χ0n) is 9.74. The van der Waals surface area contributed by atoms with Gasteiger partial charge in [-0.1, -0.05) is 46.6 Å². The van der Waals surface area contributed by atoms with Gasteiger partial charge in [0.1, 0.15) is 8.38 Å². The number of thioether (sulfide) groups is 5. The molecule has 3 aliphatic rings. The first-order chi connectivity index (χ1) is 9.81. The lowest BCUT2D eigenvalue weighted by atomic mass is 10.8. The molecule has 3 aliphatic heterocycles. The highest BCUT2D eigenvalue weighted by Gasteiger charge is 2.26. The third kappa shape index (κ3) is 2.66. The maximum absolute atomic E-state index is 12.1. The van der Waals surface area contributed by atoms with E-state index < -0.39 is 0 Å². The smallest absolute Gasteiger partial charge is 0.255 e. The van der Waals surface area contributed by atoms with Gasteiger partial charge in [0.2, 0.25) is 0 Å². The molecule has 0 amide bonds. The summed E-state index contributed by atoms with van der Waals surface area (Å²) >= 11 is 11.9. The molecule has 0 saturated heterocycles. The van der Waals surface area contributed by atoms with Gasteiger partial charge in [0.25, 0.3) is 4.74 Å². The van der Waals surface area contributed by atoms with Gasteiger partial charge in [-0.2, -0.15) is 0 Å². The molecule has 0 radical (unpaired) electrons. The lowest BCUT2D eigenvalue weighted by Gasteiger charge is -2.08. The van der Waals surface area contributed by atoms with E-state index in [0.717, 1.165) is 13.5 Å². The minimum absolute atomic E-state index is 0.107. The fourth-order valence-electron chi connectivity index (χ4n) is 1.61. The Morgan fingerprint density at radius 3 is 2.40 bits per heavy atom. The average molecular weight is 395 g/mol. The summed E-state index contributed by atoms with van der Waals surface area (Å²) < 4.78 is 11.4. The molecule has 0 atom stereocenters. The second-order valence-corrected chi connectivity index (χ2v) is 11.8. The van der Waals surface area contributed by atoms with Gasteiger partial charge in [-0.05, 0) is 0 Å². The Hall–Kier alpha value is 0.620. The van der Waals surface area contributed by atoms with Crippen LogP contribution >= 0.6 is 81.5 Å². The monoisotopic (exact) mass is 394 g/mol. The van der Waals surface area contributed by atoms with Crippen LogP contribution in [0, 0.1) is 0 Å². The molecule has 0 aliphatic carbocycles. The molecule has 0 spiro atoms. The van der Waals surface area contributed by atoms with Gasteiger partial charge in [-0.25, -0.2) is 0 Å². The van der Waals surface area contributed by atoms with Crippen LogP contribution in [0.5, 0.6) is 0 Å². The summed E-state index contributed by atoms with van der Waals surface area (Å²) in [6.45, 7) is 0. The molecule has 4 heterocycles. The maximum Gasteiger partial charge on any atom is 0.255 e. The Morgan fingerprint density at radius 1 is 1.00 bits per heavy atom. The van der Waals surface area contributed by atoms with Crippen LogP contribution in [0.3, 0.4) is 0 Å². The molecule has 0 aromatic carbocycles. The van der Waals surface area contributed by atoms with Crippen molar-refractivity contribution in [1.82, 2.24) is 0 Å². The van der Waals surface area contributed by atoms with E-state index in [4.69, 9.17) is 4.74 Å². The van der Waals surface area contributed by atoms with Crippen molar-refractivity contribution < 1.29 is 4.74 Å². The minimum Gasteiger partial charge on any atom is -0.456 e. The highest BCUT2D eigenvalue weighted by atomic mass is 32.3. The lowest BCUT2D eigenvalue weighted by Crippen LogP contribution is -2.16. The maximum atomic E-state index is 12.1. The van der Waals surface area contributed by atoms with Gasteiger partial charge >= 0.3 is 0 Å². The van der Waals surface area contributed by atoms with Crippen LogP contribution in [0.2, 0.25) is 0 Å². The number of hydrogen-bond donors (Lipinski definition) is 0. The van der Waals surface area contributed by atoms with Gasteiger partial charge in [0, 0.05) is 16.9 Å². The Morgan fingerprint density at radius 2 is 1.75 bits per heavy atom. The molecule has 1 aromatic heterocycles. The fraction of sp³-hybridized carbons (Fsp3) is 0.182. The van der Waals surface area contributed by atoms with Crippen molar-refractivity contribution in [2.45, 2.75) is 0 Å². The largest absolute Gasteiger partial charge is 0.456 e. The zero-order valence-corrected chi connectivity index (χ0v) is 15.5. The van der Waals surface area contributed by atoms with Crippen molar-refractivity contribution in [3.63, 3.8) is 0 Å². The molecule has 9 heteroatoms. The molecule has 0 unspecified atom stereocenters. The molecule has 104 valence electrons. The van der Waals surface area contributed by atoms with Crippen molar-refractivity contribution >= 4 is 90.8 Å². The molecule has 0 bridgehead atoms. The second-order valence-electron chi connectivity index (χ2n) is 3.67. The predicted molar refractivity (Wildman–Crippen MR) is 99.5 cm³/mol. The first-order valence-electron chi connectivity index (χ1n) is 5.54. The molecule has 0 fully saturated rings. The van der Waals surface area contributed by atoms with Gasteiger partial charge in [0.05, 0.1) is 19.0 Å². The van der Waals surface area contributed by atoms with Crippen molar-refractivity contribution in [1.29, 1.82) is 0 Å². The molecule has 20 heavy (non-hydrogen) atoms. The Kier molecular flexibility index (Phi) is 4.28. The standard InChI is InChI=1S/C11H6O2S7/c12-6-5(7-13-1-2-14-7)17-10(18-6)11-19-8-9(20-11)16-4-3-15-8/h1-2H,3-4H2/b7-5+. The van der Waals surface area contributed by atoms with Crippen LogP contribution in [0.1, 0.15) is 0 Å². The van der Waals surface area contributed by atoms with E-state index >= 15 is 0 Å². The van der Waals surface area contributed by atoms with Crippen molar-refractivity contribution in [2.75, 3.05) is 11.5 Å². The first kappa shape index (κ1) is 14.2. The van der Waals surface area contributed by atoms with Crippen molar-refractivity contribution in [2.24, 2.45) is 0 Å². The van der Waals surface area contributed by atoms with Crippen LogP contribution in [0.15, 0.2) is 24.9 Å². The Labute approximate surface area is 144 Å². The second kappa shape index (κ2) is 6.02. The van der Waals surface area contributed by atoms with E-state index in [1.165, 1.54) is 47.3 Å². The van der Waals surface area contributed by atoms with Crippen LogP contribution < -0.4 is 13.1 Å². The Bertz CT molecular complexity index is 767. The molecule has 0 saturated carbocycles. The van der Waals surface area contributed by atoms with E-state index in [1.807, 2.05) is 52.5 Å². The van der Waals surface area contributed by atoms with Crippen LogP contribution in [-0.2, 0) is 4.74 Å². The van der Waals surface area contributed by atoms with Crippen LogP contribution in [0.25, 0.3) is 9.33 Å². The van der Waals surface area contributed by atoms with E-state index in [0.29, 0.717) is 0 Å². The molecular formula is C11H6O2S7. The average Bonchev–Trinajstić information content (AvgIpc) is 3.16. The molecule has 0 N–H and O–H groups in total. The summed E-state index contributed by atoms with van der Waals surface area (Å²) in [5.41, 5.74) is 0. The highest BCUT2D eigenvalue weighted by Crippen LogP contribution is 2.59. The van der Waals surface area contributed by atoms with Crippen molar-refractivity contribution in [3.05, 3.63) is 38.1 Å². The SMILES string of the molecule is O=c1sc(=C2SC3=C(SCCS3)S2)s/c1=C1\OC=CS1. The highest BCUT2D eigenvalue weighted by molar-refractivity contribution is 8.46. The van der Waals surface area contributed by atoms with E-state index in [1.54, 1.807) is 17.6 Å². The summed E-state index contributed by atoms with van der Waals surface area (Å²) in [5.74, 6) is 2.37. The molecule has 4 rings (SSSR count).